The van der Waals surface area contributed by atoms with Crippen molar-refractivity contribution in [3.8, 4) is 0 Å². The first kappa shape index (κ1) is 29.5. The van der Waals surface area contributed by atoms with Crippen LogP contribution in [0.1, 0.15) is 57.2 Å². The molecule has 38 heavy (non-hydrogen) atoms. The third kappa shape index (κ3) is 7.51. The molecule has 1 aliphatic heterocycles. The van der Waals surface area contributed by atoms with Crippen molar-refractivity contribution in [1.29, 1.82) is 0 Å². The monoisotopic (exact) mass is 531 g/mol. The van der Waals surface area contributed by atoms with Crippen LogP contribution in [0.4, 0.5) is 13.6 Å². The van der Waals surface area contributed by atoms with Crippen LogP contribution in [0.15, 0.2) is 42.5 Å². The number of ether oxygens (including phenoxy) is 1. The average molecular weight is 532 g/mol. The number of methoxy groups -OCH3 is 1. The minimum Gasteiger partial charge on any atom is -0.453 e. The van der Waals surface area contributed by atoms with E-state index < -0.39 is 35.4 Å². The molecule has 7 nitrogen and oxygen atoms in total. The first-order valence-electron chi connectivity index (χ1n) is 12.9. The molecule has 3 rings (SSSR count). The second kappa shape index (κ2) is 12.2. The normalized spacial score (nSPS) is 19.5. The number of hydrogen-bond acceptors (Lipinski definition) is 5. The minimum absolute atomic E-state index is 0.0396. The Kier molecular flexibility index (Phi) is 9.49. The van der Waals surface area contributed by atoms with Gasteiger partial charge in [0.2, 0.25) is 5.91 Å². The maximum Gasteiger partial charge on any atom is 0.409 e. The zero-order chi connectivity index (χ0) is 28.1. The molecule has 3 N–H and O–H groups in total. The van der Waals surface area contributed by atoms with Gasteiger partial charge in [0.25, 0.3) is 0 Å². The summed E-state index contributed by atoms with van der Waals surface area (Å²) in [6.45, 7) is 8.67. The Hall–Kier alpha value is -3.04. The van der Waals surface area contributed by atoms with Crippen LogP contribution in [0.25, 0.3) is 0 Å². The largest absolute Gasteiger partial charge is 0.453 e. The summed E-state index contributed by atoms with van der Waals surface area (Å²) in [6.07, 6.45) is -0.0390. The molecule has 1 saturated heterocycles. The summed E-state index contributed by atoms with van der Waals surface area (Å²) in [7, 11) is 1.35. The predicted octanol–water partition coefficient (Wildman–Crippen LogP) is 4.02. The smallest absolute Gasteiger partial charge is 0.409 e. The van der Waals surface area contributed by atoms with E-state index in [0.717, 1.165) is 23.6 Å². The number of rotatable bonds is 8. The van der Waals surface area contributed by atoms with E-state index in [-0.39, 0.29) is 24.3 Å². The number of carbonyl (C=O) groups is 2. The number of benzene rings is 2. The molecule has 3 unspecified atom stereocenters. The zero-order valence-electron chi connectivity index (χ0n) is 22.8. The summed E-state index contributed by atoms with van der Waals surface area (Å²) in [5.74, 6) is -1.82. The molecular weight excluding hydrogens is 492 g/mol. The van der Waals surface area contributed by atoms with Gasteiger partial charge in [-0.2, -0.15) is 0 Å². The van der Waals surface area contributed by atoms with Gasteiger partial charge in [0.15, 0.2) is 0 Å². The molecule has 0 bridgehead atoms. The van der Waals surface area contributed by atoms with Crippen molar-refractivity contribution in [2.75, 3.05) is 26.7 Å². The Morgan fingerprint density at radius 1 is 1.16 bits per heavy atom. The van der Waals surface area contributed by atoms with Gasteiger partial charge in [-0.3, -0.25) is 4.79 Å². The van der Waals surface area contributed by atoms with Crippen molar-refractivity contribution >= 4 is 12.0 Å². The van der Waals surface area contributed by atoms with E-state index in [1.165, 1.54) is 26.2 Å². The highest BCUT2D eigenvalue weighted by molar-refractivity contribution is 5.73. The van der Waals surface area contributed by atoms with Crippen LogP contribution >= 0.6 is 0 Å². The fraction of sp³-hybridized carbons (Fsp3) is 0.517. The van der Waals surface area contributed by atoms with Gasteiger partial charge in [-0.25, -0.2) is 13.6 Å². The number of carbonyl (C=O) groups excluding carboxylic acids is 2. The highest BCUT2D eigenvalue weighted by Crippen LogP contribution is 2.34. The number of hydrogen-bond donors (Lipinski definition) is 3. The van der Waals surface area contributed by atoms with Gasteiger partial charge in [-0.05, 0) is 53.5 Å². The van der Waals surface area contributed by atoms with Gasteiger partial charge in [0.05, 0.1) is 24.8 Å². The van der Waals surface area contributed by atoms with Crippen molar-refractivity contribution < 1.29 is 28.2 Å². The fourth-order valence-corrected chi connectivity index (χ4v) is 5.08. The number of halogens is 2. The van der Waals surface area contributed by atoms with Crippen LogP contribution < -0.4 is 10.6 Å². The number of nitrogens with zero attached hydrogens (tertiary/aromatic N) is 1. The molecule has 0 spiro atoms. The third-order valence-corrected chi connectivity index (χ3v) is 7.09. The summed E-state index contributed by atoms with van der Waals surface area (Å²) in [5, 5.41) is 17.4. The van der Waals surface area contributed by atoms with E-state index in [4.69, 9.17) is 4.74 Å². The summed E-state index contributed by atoms with van der Waals surface area (Å²) < 4.78 is 32.5. The lowest BCUT2D eigenvalue weighted by Gasteiger charge is -2.44. The number of amides is 2. The number of piperidine rings is 1. The lowest BCUT2D eigenvalue weighted by atomic mass is 9.78. The summed E-state index contributed by atoms with van der Waals surface area (Å²) in [5.41, 5.74) is 1.66. The topological polar surface area (TPSA) is 90.9 Å². The number of nitrogens with one attached hydrogen (secondary N) is 2. The molecule has 3 atom stereocenters. The Labute approximate surface area is 223 Å². The highest BCUT2D eigenvalue weighted by atomic mass is 19.1. The van der Waals surface area contributed by atoms with E-state index in [1.807, 2.05) is 12.1 Å². The predicted molar refractivity (Wildman–Crippen MR) is 142 cm³/mol. The molecule has 0 aromatic heterocycles. The molecule has 1 heterocycles. The molecule has 0 aliphatic carbocycles. The summed E-state index contributed by atoms with van der Waals surface area (Å²) >= 11 is 0. The highest BCUT2D eigenvalue weighted by Gasteiger charge is 2.40. The summed E-state index contributed by atoms with van der Waals surface area (Å²) in [4.78, 5) is 26.0. The van der Waals surface area contributed by atoms with Crippen LogP contribution in [0.3, 0.4) is 0 Å². The average Bonchev–Trinajstić information content (AvgIpc) is 2.85. The Morgan fingerprint density at radius 3 is 2.45 bits per heavy atom. The molecular formula is C29H39F2N3O4. The van der Waals surface area contributed by atoms with Crippen molar-refractivity contribution in [1.82, 2.24) is 15.5 Å². The molecule has 2 amide bonds. The third-order valence-electron chi connectivity index (χ3n) is 7.09. The van der Waals surface area contributed by atoms with Gasteiger partial charge < -0.3 is 25.4 Å². The van der Waals surface area contributed by atoms with Crippen molar-refractivity contribution in [3.63, 3.8) is 0 Å². The van der Waals surface area contributed by atoms with E-state index in [0.29, 0.717) is 25.1 Å². The number of likely N-dealkylation sites (tertiary alicyclic amines) is 1. The molecule has 2 aromatic carbocycles. The van der Waals surface area contributed by atoms with Crippen molar-refractivity contribution in [2.24, 2.45) is 0 Å². The molecule has 9 heteroatoms. The van der Waals surface area contributed by atoms with Crippen LogP contribution in [0, 0.1) is 11.6 Å². The van der Waals surface area contributed by atoms with Crippen molar-refractivity contribution in [2.45, 2.75) is 70.1 Å². The van der Waals surface area contributed by atoms with Crippen LogP contribution in [0.2, 0.25) is 0 Å². The maximum atomic E-state index is 13.8. The lowest BCUT2D eigenvalue weighted by molar-refractivity contribution is -0.120. The van der Waals surface area contributed by atoms with E-state index in [9.17, 15) is 23.5 Å². The Balaban J connectivity index is 1.90. The van der Waals surface area contributed by atoms with Gasteiger partial charge >= 0.3 is 6.09 Å². The first-order chi connectivity index (χ1) is 17.8. The van der Waals surface area contributed by atoms with Gasteiger partial charge in [-0.15, -0.1) is 0 Å². The Morgan fingerprint density at radius 2 is 1.84 bits per heavy atom. The van der Waals surface area contributed by atoms with Crippen LogP contribution in [0.5, 0.6) is 0 Å². The lowest BCUT2D eigenvalue weighted by Crippen LogP contribution is -2.59. The molecule has 2 aromatic rings. The second-order valence-electron chi connectivity index (χ2n) is 11.1. The fourth-order valence-electron chi connectivity index (χ4n) is 5.08. The Bertz CT molecular complexity index is 1120. The van der Waals surface area contributed by atoms with Crippen LogP contribution in [-0.4, -0.2) is 60.9 Å². The minimum atomic E-state index is -1.08. The van der Waals surface area contributed by atoms with Gasteiger partial charge in [-0.1, -0.05) is 45.0 Å². The summed E-state index contributed by atoms with van der Waals surface area (Å²) in [6, 6.07) is 10.6. The van der Waals surface area contributed by atoms with Gasteiger partial charge in [0, 0.05) is 32.6 Å². The van der Waals surface area contributed by atoms with Crippen molar-refractivity contribution in [3.05, 3.63) is 70.8 Å². The molecule has 1 fully saturated rings. The first-order valence-corrected chi connectivity index (χ1v) is 12.9. The van der Waals surface area contributed by atoms with E-state index >= 15 is 0 Å². The number of aliphatic hydroxyl groups is 1. The van der Waals surface area contributed by atoms with Gasteiger partial charge in [0.1, 0.15) is 11.6 Å². The van der Waals surface area contributed by atoms with Crippen LogP contribution in [-0.2, 0) is 26.9 Å². The van der Waals surface area contributed by atoms with E-state index in [2.05, 4.69) is 43.5 Å². The molecule has 1 aliphatic rings. The molecule has 0 saturated carbocycles. The number of aliphatic hydroxyl groups excluding tert-OH is 1. The standard InChI is InChI=1S/C29H39F2N3O4/c1-19(35)33-25(14-20-12-23(30)16-24(31)13-20)26(36)17-32-29(10-7-11-34(18-29)27(37)38-5)22-9-6-8-21(15-22)28(2,3)4/h6,8-9,12-13,15-16,25-26,32,36H,7,10-11,14,17-18H2,1-5H3,(H,33,35). The van der Waals surface area contributed by atoms with E-state index in [1.54, 1.807) is 4.90 Å². The quantitative estimate of drug-likeness (QED) is 0.479. The molecule has 208 valence electrons. The maximum absolute atomic E-state index is 13.8. The second-order valence-corrected chi connectivity index (χ2v) is 11.1. The molecule has 0 radical (unpaired) electrons. The SMILES string of the molecule is COC(=O)N1CCCC(NCC(O)C(Cc2cc(F)cc(F)c2)NC(C)=O)(c2cccc(C(C)(C)C)c2)C1. The zero-order valence-corrected chi connectivity index (χ0v) is 22.8.